The quantitative estimate of drug-likeness (QED) is 0.846. The number of amides is 1. The molecule has 0 spiro atoms. The Morgan fingerprint density at radius 3 is 3.10 bits per heavy atom. The van der Waals surface area contributed by atoms with Gasteiger partial charge in [-0.3, -0.25) is 4.79 Å². The van der Waals surface area contributed by atoms with Gasteiger partial charge in [-0.15, -0.1) is 0 Å². The van der Waals surface area contributed by atoms with Gasteiger partial charge in [0.15, 0.2) is 0 Å². The average Bonchev–Trinajstić information content (AvgIpc) is 2.93. The molecule has 1 aromatic rings. The van der Waals surface area contributed by atoms with Crippen LogP contribution in [0.15, 0.2) is 12.5 Å². The highest BCUT2D eigenvalue weighted by Gasteiger charge is 2.22. The molecule has 0 aliphatic carbocycles. The topological polar surface area (TPSA) is 59.0 Å². The van der Waals surface area contributed by atoms with Crippen LogP contribution < -0.4 is 10.6 Å². The van der Waals surface area contributed by atoms with Gasteiger partial charge in [0.05, 0.1) is 12.0 Å². The van der Waals surface area contributed by atoms with Crippen molar-refractivity contribution in [1.29, 1.82) is 0 Å². The molecule has 0 bridgehead atoms. The van der Waals surface area contributed by atoms with E-state index in [-0.39, 0.29) is 11.9 Å². The van der Waals surface area contributed by atoms with E-state index in [2.05, 4.69) is 34.0 Å². The van der Waals surface area contributed by atoms with Crippen molar-refractivity contribution in [1.82, 2.24) is 20.2 Å². The van der Waals surface area contributed by atoms with Crippen LogP contribution >= 0.6 is 0 Å². The monoisotopic (exact) mass is 292 g/mol. The second-order valence-electron chi connectivity index (χ2n) is 6.19. The molecule has 1 fully saturated rings. The summed E-state index contributed by atoms with van der Waals surface area (Å²) in [7, 11) is 0. The molecule has 0 radical (unpaired) electrons. The zero-order chi connectivity index (χ0) is 15.2. The molecule has 1 aliphatic heterocycles. The van der Waals surface area contributed by atoms with Crippen LogP contribution in [-0.2, 0) is 11.3 Å². The molecule has 1 saturated heterocycles. The van der Waals surface area contributed by atoms with E-state index >= 15 is 0 Å². The lowest BCUT2D eigenvalue weighted by molar-refractivity contribution is -0.121. The number of carbonyl (C=O) groups is 1. The third-order valence-corrected chi connectivity index (χ3v) is 4.32. The number of aryl methyl sites for hydroxylation is 1. The molecule has 21 heavy (non-hydrogen) atoms. The number of imidazole rings is 1. The molecule has 1 aliphatic rings. The van der Waals surface area contributed by atoms with Crippen molar-refractivity contribution in [2.45, 2.75) is 77.5 Å². The molecule has 5 heteroatoms. The molecule has 1 amide bonds. The molecule has 3 atom stereocenters. The fourth-order valence-corrected chi connectivity index (χ4v) is 2.85. The minimum atomic E-state index is 0.119. The Kier molecular flexibility index (Phi) is 5.79. The van der Waals surface area contributed by atoms with Crippen LogP contribution in [0.2, 0.25) is 0 Å². The third-order valence-electron chi connectivity index (χ3n) is 4.32. The Balaban J connectivity index is 1.90. The van der Waals surface area contributed by atoms with Crippen LogP contribution in [-0.4, -0.2) is 27.5 Å². The fraction of sp³-hybridized carbons (Fsp3) is 0.750. The minimum Gasteiger partial charge on any atom is -0.354 e. The normalized spacial score (nSPS) is 23.8. The number of aromatic nitrogens is 2. The van der Waals surface area contributed by atoms with Crippen LogP contribution in [0.3, 0.4) is 0 Å². The van der Waals surface area contributed by atoms with E-state index in [1.54, 1.807) is 0 Å². The highest BCUT2D eigenvalue weighted by Crippen LogP contribution is 2.25. The maximum atomic E-state index is 11.9. The zero-order valence-corrected chi connectivity index (χ0v) is 13.4. The Labute approximate surface area is 127 Å². The van der Waals surface area contributed by atoms with E-state index in [0.717, 1.165) is 12.8 Å². The van der Waals surface area contributed by atoms with Crippen molar-refractivity contribution in [2.24, 2.45) is 0 Å². The lowest BCUT2D eigenvalue weighted by atomic mass is 9.97. The van der Waals surface area contributed by atoms with Gasteiger partial charge in [0, 0.05) is 37.3 Å². The lowest BCUT2D eigenvalue weighted by Gasteiger charge is -2.29. The summed E-state index contributed by atoms with van der Waals surface area (Å²) < 4.78 is 2.12. The van der Waals surface area contributed by atoms with Gasteiger partial charge in [-0.25, -0.2) is 4.98 Å². The maximum Gasteiger partial charge on any atom is 0.221 e. The van der Waals surface area contributed by atoms with E-state index in [9.17, 15) is 4.79 Å². The number of rotatable bonds is 6. The highest BCUT2D eigenvalue weighted by atomic mass is 16.1. The number of hydrogen-bond acceptors (Lipinski definition) is 3. The minimum absolute atomic E-state index is 0.119. The molecule has 5 nitrogen and oxygen atoms in total. The summed E-state index contributed by atoms with van der Waals surface area (Å²) in [5, 5.41) is 6.64. The van der Waals surface area contributed by atoms with Crippen molar-refractivity contribution in [3.8, 4) is 0 Å². The number of nitrogens with zero attached hydrogens (tertiary/aromatic N) is 2. The second-order valence-corrected chi connectivity index (χ2v) is 6.19. The smallest absolute Gasteiger partial charge is 0.221 e. The van der Waals surface area contributed by atoms with Crippen molar-refractivity contribution in [2.75, 3.05) is 0 Å². The third kappa shape index (κ3) is 4.56. The van der Waals surface area contributed by atoms with Gasteiger partial charge in [0.2, 0.25) is 5.91 Å². The molecule has 2 heterocycles. The number of carbonyl (C=O) groups excluding carboxylic acids is 1. The molecule has 0 aromatic carbocycles. The summed E-state index contributed by atoms with van der Waals surface area (Å²) in [5.74, 6) is 0.119. The van der Waals surface area contributed by atoms with Crippen LogP contribution in [0, 0.1) is 0 Å². The van der Waals surface area contributed by atoms with Gasteiger partial charge in [-0.1, -0.05) is 6.92 Å². The molecule has 2 rings (SSSR count). The molecule has 0 saturated carbocycles. The molecule has 118 valence electrons. The van der Waals surface area contributed by atoms with E-state index < -0.39 is 0 Å². The zero-order valence-electron chi connectivity index (χ0n) is 13.4. The predicted molar refractivity (Wildman–Crippen MR) is 83.9 cm³/mol. The van der Waals surface area contributed by atoms with Crippen molar-refractivity contribution in [3.63, 3.8) is 0 Å². The van der Waals surface area contributed by atoms with Crippen molar-refractivity contribution >= 4 is 5.91 Å². The molecule has 1 aromatic heterocycles. The summed E-state index contributed by atoms with van der Waals surface area (Å²) in [6.45, 7) is 7.04. The van der Waals surface area contributed by atoms with Crippen molar-refractivity contribution in [3.05, 3.63) is 18.2 Å². The first kappa shape index (κ1) is 16.0. The molecule has 2 N–H and O–H groups in total. The van der Waals surface area contributed by atoms with Crippen LogP contribution in [0.1, 0.15) is 64.6 Å². The number of hydrogen-bond donors (Lipinski definition) is 2. The van der Waals surface area contributed by atoms with Gasteiger partial charge in [-0.2, -0.15) is 0 Å². The van der Waals surface area contributed by atoms with Crippen LogP contribution in [0.5, 0.6) is 0 Å². The van der Waals surface area contributed by atoms with Gasteiger partial charge in [0.25, 0.3) is 0 Å². The Hall–Kier alpha value is -1.36. The Morgan fingerprint density at radius 1 is 1.57 bits per heavy atom. The van der Waals surface area contributed by atoms with Gasteiger partial charge >= 0.3 is 0 Å². The lowest BCUT2D eigenvalue weighted by Crippen LogP contribution is -2.36. The van der Waals surface area contributed by atoms with Crippen LogP contribution in [0.4, 0.5) is 0 Å². The van der Waals surface area contributed by atoms with E-state index in [1.807, 2.05) is 19.4 Å². The van der Waals surface area contributed by atoms with E-state index in [4.69, 9.17) is 0 Å². The van der Waals surface area contributed by atoms with E-state index in [1.165, 1.54) is 18.5 Å². The summed E-state index contributed by atoms with van der Waals surface area (Å²) in [4.78, 5) is 16.2. The summed E-state index contributed by atoms with van der Waals surface area (Å²) in [6, 6.07) is 1.18. The predicted octanol–water partition coefficient (Wildman–Crippen LogP) is 2.39. The second kappa shape index (κ2) is 7.59. The van der Waals surface area contributed by atoms with Gasteiger partial charge in [0.1, 0.15) is 0 Å². The Morgan fingerprint density at radius 2 is 2.38 bits per heavy atom. The maximum absolute atomic E-state index is 11.9. The van der Waals surface area contributed by atoms with Crippen LogP contribution in [0.25, 0.3) is 0 Å². The first-order chi connectivity index (χ1) is 10.1. The average molecular weight is 292 g/mol. The molecular formula is C16H28N4O. The Bertz CT molecular complexity index is 457. The summed E-state index contributed by atoms with van der Waals surface area (Å²) in [5.41, 5.74) is 1.21. The SMILES string of the molecule is CCC(C)NC(=O)CCn1cncc1C1CCCC(C)N1. The number of piperidine rings is 1. The number of nitrogens with one attached hydrogen (secondary N) is 2. The first-order valence-corrected chi connectivity index (χ1v) is 8.15. The van der Waals surface area contributed by atoms with E-state index in [0.29, 0.717) is 25.0 Å². The fourth-order valence-electron chi connectivity index (χ4n) is 2.85. The summed E-state index contributed by atoms with van der Waals surface area (Å²) >= 11 is 0. The van der Waals surface area contributed by atoms with Crippen molar-refractivity contribution < 1.29 is 4.79 Å². The molecular weight excluding hydrogens is 264 g/mol. The largest absolute Gasteiger partial charge is 0.354 e. The summed E-state index contributed by atoms with van der Waals surface area (Å²) in [6.07, 6.45) is 8.88. The van der Waals surface area contributed by atoms with Gasteiger partial charge < -0.3 is 15.2 Å². The highest BCUT2D eigenvalue weighted by molar-refractivity contribution is 5.76. The first-order valence-electron chi connectivity index (χ1n) is 8.15. The van der Waals surface area contributed by atoms with Gasteiger partial charge in [-0.05, 0) is 39.5 Å². The molecule has 3 unspecified atom stereocenters. The standard InChI is InChI=1S/C16H28N4O/c1-4-12(2)19-16(21)8-9-20-11-17-10-15(20)14-7-5-6-13(3)18-14/h10-14,18H,4-9H2,1-3H3,(H,19,21).